The van der Waals surface area contributed by atoms with Crippen molar-refractivity contribution < 1.29 is 0 Å². The van der Waals surface area contributed by atoms with Gasteiger partial charge in [0.1, 0.15) is 5.65 Å². The van der Waals surface area contributed by atoms with Crippen LogP contribution in [0.15, 0.2) is 35.6 Å². The average molecular weight is 285 g/mol. The number of rotatable bonds is 3. The van der Waals surface area contributed by atoms with Crippen molar-refractivity contribution in [2.24, 2.45) is 10.7 Å². The smallest absolute Gasteiger partial charge is 0.189 e. The standard InChI is InChI=1S/C16H23N5/c17-16(20-13-7-3-1-2-4-8-13)18-11-14-12-21-10-6-5-9-15(21)19-14/h5-6,9-10,12-13H,1-4,7-8,11H2,(H3,17,18,20). The number of aromatic nitrogens is 2. The molecule has 1 aliphatic rings. The molecule has 0 unspecified atom stereocenters. The van der Waals surface area contributed by atoms with Crippen LogP contribution in [0.1, 0.15) is 44.2 Å². The molecule has 0 aromatic carbocycles. The molecule has 0 spiro atoms. The number of nitrogens with zero attached hydrogens (tertiary/aromatic N) is 3. The molecule has 0 amide bonds. The molecule has 2 aromatic heterocycles. The summed E-state index contributed by atoms with van der Waals surface area (Å²) in [4.78, 5) is 8.94. The van der Waals surface area contributed by atoms with Gasteiger partial charge in [0.05, 0.1) is 12.2 Å². The summed E-state index contributed by atoms with van der Waals surface area (Å²) in [5.41, 5.74) is 7.88. The second-order valence-electron chi connectivity index (χ2n) is 5.73. The van der Waals surface area contributed by atoms with Crippen LogP contribution in [0.5, 0.6) is 0 Å². The first-order chi connectivity index (χ1) is 10.3. The van der Waals surface area contributed by atoms with E-state index in [4.69, 9.17) is 5.73 Å². The second kappa shape index (κ2) is 6.61. The lowest BCUT2D eigenvalue weighted by Crippen LogP contribution is -2.39. The molecule has 0 saturated heterocycles. The van der Waals surface area contributed by atoms with E-state index in [0.29, 0.717) is 18.5 Å². The van der Waals surface area contributed by atoms with Crippen molar-refractivity contribution in [2.75, 3.05) is 0 Å². The summed E-state index contributed by atoms with van der Waals surface area (Å²) in [6.07, 6.45) is 11.7. The zero-order valence-electron chi connectivity index (χ0n) is 12.3. The first-order valence-electron chi connectivity index (χ1n) is 7.80. The summed E-state index contributed by atoms with van der Waals surface area (Å²) in [7, 11) is 0. The molecule has 0 aliphatic heterocycles. The highest BCUT2D eigenvalue weighted by Crippen LogP contribution is 2.17. The fraction of sp³-hybridized carbons (Fsp3) is 0.500. The number of imidazole rings is 1. The Labute approximate surface area is 125 Å². The van der Waals surface area contributed by atoms with Crippen molar-refractivity contribution >= 4 is 11.6 Å². The van der Waals surface area contributed by atoms with Crippen molar-refractivity contribution in [3.05, 3.63) is 36.3 Å². The first-order valence-corrected chi connectivity index (χ1v) is 7.80. The molecular weight excluding hydrogens is 262 g/mol. The minimum absolute atomic E-state index is 0.484. The largest absolute Gasteiger partial charge is 0.370 e. The fourth-order valence-electron chi connectivity index (χ4n) is 2.91. The minimum atomic E-state index is 0.484. The molecular formula is C16H23N5. The molecule has 2 heterocycles. The molecule has 1 aliphatic carbocycles. The second-order valence-corrected chi connectivity index (χ2v) is 5.73. The molecule has 0 radical (unpaired) electrons. The molecule has 1 fully saturated rings. The van der Waals surface area contributed by atoms with Crippen LogP contribution in [0.4, 0.5) is 0 Å². The van der Waals surface area contributed by atoms with Gasteiger partial charge in [0.15, 0.2) is 5.96 Å². The number of hydrogen-bond donors (Lipinski definition) is 2. The van der Waals surface area contributed by atoms with Gasteiger partial charge in [0.25, 0.3) is 0 Å². The van der Waals surface area contributed by atoms with Gasteiger partial charge in [-0.15, -0.1) is 0 Å². The molecule has 5 nitrogen and oxygen atoms in total. The number of hydrogen-bond acceptors (Lipinski definition) is 2. The van der Waals surface area contributed by atoms with Crippen LogP contribution >= 0.6 is 0 Å². The topological polar surface area (TPSA) is 67.7 Å². The van der Waals surface area contributed by atoms with Crippen molar-refractivity contribution in [1.82, 2.24) is 14.7 Å². The summed E-state index contributed by atoms with van der Waals surface area (Å²) in [6, 6.07) is 6.44. The first kappa shape index (κ1) is 13.9. The van der Waals surface area contributed by atoms with Crippen molar-refractivity contribution in [3.8, 4) is 0 Å². The summed E-state index contributed by atoms with van der Waals surface area (Å²) >= 11 is 0. The Morgan fingerprint density at radius 3 is 2.86 bits per heavy atom. The zero-order valence-corrected chi connectivity index (χ0v) is 12.3. The Kier molecular flexibility index (Phi) is 4.38. The van der Waals surface area contributed by atoms with Gasteiger partial charge in [-0.1, -0.05) is 31.7 Å². The Hall–Kier alpha value is -2.04. The fourth-order valence-corrected chi connectivity index (χ4v) is 2.91. The normalized spacial score (nSPS) is 17.8. The number of aliphatic imine (C=N–C) groups is 1. The van der Waals surface area contributed by atoms with E-state index in [1.165, 1.54) is 38.5 Å². The van der Waals surface area contributed by atoms with Crippen LogP contribution in [0, 0.1) is 0 Å². The maximum atomic E-state index is 6.00. The Morgan fingerprint density at radius 2 is 2.10 bits per heavy atom. The molecule has 0 bridgehead atoms. The van der Waals surface area contributed by atoms with E-state index in [-0.39, 0.29) is 0 Å². The summed E-state index contributed by atoms with van der Waals surface area (Å²) in [6.45, 7) is 0.521. The third-order valence-corrected chi connectivity index (χ3v) is 4.03. The molecule has 5 heteroatoms. The van der Waals surface area contributed by atoms with Crippen LogP contribution in [0.25, 0.3) is 5.65 Å². The van der Waals surface area contributed by atoms with Crippen LogP contribution in [-0.4, -0.2) is 21.4 Å². The molecule has 1 saturated carbocycles. The molecule has 3 N–H and O–H groups in total. The Bertz CT molecular complexity index is 575. The van der Waals surface area contributed by atoms with E-state index in [0.717, 1.165) is 11.3 Å². The van der Waals surface area contributed by atoms with Gasteiger partial charge in [-0.05, 0) is 25.0 Å². The summed E-state index contributed by atoms with van der Waals surface area (Å²) < 4.78 is 2.00. The average Bonchev–Trinajstić information content (AvgIpc) is 2.74. The van der Waals surface area contributed by atoms with E-state index >= 15 is 0 Å². The van der Waals surface area contributed by atoms with Crippen LogP contribution in [0.3, 0.4) is 0 Å². The van der Waals surface area contributed by atoms with Crippen LogP contribution in [-0.2, 0) is 6.54 Å². The van der Waals surface area contributed by atoms with Crippen molar-refractivity contribution in [2.45, 2.75) is 51.1 Å². The lowest BCUT2D eigenvalue weighted by molar-refractivity contribution is 0.530. The minimum Gasteiger partial charge on any atom is -0.370 e. The van der Waals surface area contributed by atoms with E-state index in [9.17, 15) is 0 Å². The highest BCUT2D eigenvalue weighted by molar-refractivity contribution is 5.78. The third-order valence-electron chi connectivity index (χ3n) is 4.03. The molecule has 3 rings (SSSR count). The van der Waals surface area contributed by atoms with Gasteiger partial charge in [0, 0.05) is 18.4 Å². The quantitative estimate of drug-likeness (QED) is 0.517. The van der Waals surface area contributed by atoms with Crippen LogP contribution < -0.4 is 11.1 Å². The van der Waals surface area contributed by atoms with Gasteiger partial charge in [-0.2, -0.15) is 0 Å². The van der Waals surface area contributed by atoms with Crippen molar-refractivity contribution in [3.63, 3.8) is 0 Å². The van der Waals surface area contributed by atoms with E-state index in [1.54, 1.807) is 0 Å². The molecule has 2 aromatic rings. The molecule has 0 atom stereocenters. The predicted octanol–water partition coefficient (Wildman–Crippen LogP) is 2.46. The van der Waals surface area contributed by atoms with Gasteiger partial charge in [0.2, 0.25) is 0 Å². The number of nitrogens with two attached hydrogens (primary N) is 1. The van der Waals surface area contributed by atoms with E-state index < -0.39 is 0 Å². The number of nitrogens with one attached hydrogen (secondary N) is 1. The maximum absolute atomic E-state index is 6.00. The Balaban J connectivity index is 1.59. The molecule has 21 heavy (non-hydrogen) atoms. The predicted molar refractivity (Wildman–Crippen MR) is 85.1 cm³/mol. The van der Waals surface area contributed by atoms with E-state index in [1.807, 2.05) is 35.0 Å². The molecule has 112 valence electrons. The number of pyridine rings is 1. The summed E-state index contributed by atoms with van der Waals surface area (Å²) in [5, 5.41) is 3.36. The summed E-state index contributed by atoms with van der Waals surface area (Å²) in [5.74, 6) is 0.541. The van der Waals surface area contributed by atoms with Gasteiger partial charge < -0.3 is 15.5 Å². The van der Waals surface area contributed by atoms with Crippen molar-refractivity contribution in [1.29, 1.82) is 0 Å². The lowest BCUT2D eigenvalue weighted by Gasteiger charge is -2.16. The van der Waals surface area contributed by atoms with Gasteiger partial charge in [-0.3, -0.25) is 0 Å². The van der Waals surface area contributed by atoms with Gasteiger partial charge in [-0.25, -0.2) is 9.98 Å². The van der Waals surface area contributed by atoms with E-state index in [2.05, 4.69) is 15.3 Å². The maximum Gasteiger partial charge on any atom is 0.189 e. The SMILES string of the molecule is NC(=NCc1cn2ccccc2n1)NC1CCCCCC1. The third kappa shape index (κ3) is 3.74. The van der Waals surface area contributed by atoms with Crippen LogP contribution in [0.2, 0.25) is 0 Å². The highest BCUT2D eigenvalue weighted by Gasteiger charge is 2.12. The van der Waals surface area contributed by atoms with Gasteiger partial charge >= 0.3 is 0 Å². The number of fused-ring (bicyclic) bond motifs is 1. The monoisotopic (exact) mass is 285 g/mol. The highest BCUT2D eigenvalue weighted by atomic mass is 15.1. The zero-order chi connectivity index (χ0) is 14.5. The lowest BCUT2D eigenvalue weighted by atomic mass is 10.1. The number of guanidine groups is 1. The Morgan fingerprint density at radius 1 is 1.29 bits per heavy atom.